The normalized spacial score (nSPS) is 16.5. The van der Waals surface area contributed by atoms with Crippen LogP contribution in [0.2, 0.25) is 0 Å². The molecule has 244 valence electrons. The number of nitrogens with one attached hydrogen (secondary N) is 2. The Balaban J connectivity index is 1.21. The number of pyridine rings is 1. The third-order valence-electron chi connectivity index (χ3n) is 9.14. The van der Waals surface area contributed by atoms with E-state index < -0.39 is 11.0 Å². The lowest BCUT2D eigenvalue weighted by Gasteiger charge is -2.51. The second kappa shape index (κ2) is 13.8. The van der Waals surface area contributed by atoms with E-state index in [2.05, 4.69) is 60.7 Å². The molecular formula is C41H42N4O3. The molecule has 1 unspecified atom stereocenters. The van der Waals surface area contributed by atoms with Crippen LogP contribution in [0.4, 0.5) is 11.4 Å². The number of fused-ring (bicyclic) bond motifs is 1. The molecule has 1 aromatic heterocycles. The first-order valence-corrected chi connectivity index (χ1v) is 16.4. The summed E-state index contributed by atoms with van der Waals surface area (Å²) in [6, 6.07) is 35.8. The minimum Gasteiger partial charge on any atom is -0.492 e. The van der Waals surface area contributed by atoms with E-state index in [1.165, 1.54) is 0 Å². The smallest absolute Gasteiger partial charge is 0.255 e. The van der Waals surface area contributed by atoms with E-state index in [0.29, 0.717) is 30.8 Å². The minimum absolute atomic E-state index is 0.0144. The van der Waals surface area contributed by atoms with Gasteiger partial charge in [-0.2, -0.15) is 0 Å². The number of hydrogen-bond donors (Lipinski definition) is 2. The maximum atomic E-state index is 13.4. The fourth-order valence-electron chi connectivity index (χ4n) is 7.01. The summed E-state index contributed by atoms with van der Waals surface area (Å²) in [6.07, 6.45) is 4.32. The number of aromatic nitrogens is 1. The van der Waals surface area contributed by atoms with Gasteiger partial charge in [-0.1, -0.05) is 67.6 Å². The Hall–Kier alpha value is -5.27. The molecule has 4 aromatic carbocycles. The van der Waals surface area contributed by atoms with Crippen LogP contribution in [0.25, 0.3) is 11.1 Å². The Kier molecular flexibility index (Phi) is 9.42. The Labute approximate surface area is 283 Å². The van der Waals surface area contributed by atoms with Gasteiger partial charge in [-0.15, -0.1) is 0 Å². The summed E-state index contributed by atoms with van der Waals surface area (Å²) in [5.41, 5.74) is 6.62. The summed E-state index contributed by atoms with van der Waals surface area (Å²) >= 11 is 0. The number of hydrogen-bond acceptors (Lipinski definition) is 5. The largest absolute Gasteiger partial charge is 0.492 e. The third kappa shape index (κ3) is 7.02. The van der Waals surface area contributed by atoms with Crippen LogP contribution in [0.5, 0.6) is 5.75 Å². The van der Waals surface area contributed by atoms with Crippen molar-refractivity contribution in [1.82, 2.24) is 10.3 Å². The monoisotopic (exact) mass is 638 g/mol. The number of benzene rings is 4. The highest BCUT2D eigenvalue weighted by Crippen LogP contribution is 2.51. The van der Waals surface area contributed by atoms with E-state index >= 15 is 0 Å². The van der Waals surface area contributed by atoms with E-state index in [4.69, 9.17) is 4.74 Å². The number of nitrogens with zero attached hydrogens (tertiary/aromatic N) is 2. The van der Waals surface area contributed by atoms with E-state index in [9.17, 15) is 9.59 Å². The maximum absolute atomic E-state index is 13.4. The van der Waals surface area contributed by atoms with Crippen molar-refractivity contribution in [2.75, 3.05) is 23.4 Å². The molecule has 0 spiro atoms. The van der Waals surface area contributed by atoms with Crippen molar-refractivity contribution >= 4 is 23.2 Å². The molecule has 0 bridgehead atoms. The second-order valence-corrected chi connectivity index (χ2v) is 13.2. The van der Waals surface area contributed by atoms with Crippen LogP contribution in [-0.2, 0) is 16.8 Å². The van der Waals surface area contributed by atoms with E-state index in [1.807, 2.05) is 96.0 Å². The van der Waals surface area contributed by atoms with Crippen molar-refractivity contribution < 1.29 is 14.3 Å². The Morgan fingerprint density at radius 3 is 2.27 bits per heavy atom. The number of rotatable bonds is 10. The lowest BCUT2D eigenvalue weighted by atomic mass is 9.65. The average molecular weight is 639 g/mol. The number of ether oxygens (including phenoxy) is 1. The van der Waals surface area contributed by atoms with Crippen molar-refractivity contribution in [3.63, 3.8) is 0 Å². The van der Waals surface area contributed by atoms with Crippen molar-refractivity contribution in [3.8, 4) is 16.9 Å². The molecule has 2 heterocycles. The summed E-state index contributed by atoms with van der Waals surface area (Å²) < 4.78 is 6.04. The zero-order chi connectivity index (χ0) is 33.7. The van der Waals surface area contributed by atoms with Gasteiger partial charge in [0.25, 0.3) is 5.91 Å². The van der Waals surface area contributed by atoms with Gasteiger partial charge in [0.15, 0.2) is 0 Å². The van der Waals surface area contributed by atoms with Gasteiger partial charge in [0.1, 0.15) is 12.4 Å². The molecule has 1 aliphatic rings. The lowest BCUT2D eigenvalue weighted by Crippen LogP contribution is -2.55. The van der Waals surface area contributed by atoms with Gasteiger partial charge >= 0.3 is 0 Å². The molecule has 0 fully saturated rings. The number of anilines is 2. The van der Waals surface area contributed by atoms with Gasteiger partial charge in [0.2, 0.25) is 5.91 Å². The van der Waals surface area contributed by atoms with Crippen molar-refractivity contribution in [2.24, 2.45) is 0 Å². The molecule has 0 saturated carbocycles. The lowest BCUT2D eigenvalue weighted by molar-refractivity contribution is -0.117. The van der Waals surface area contributed by atoms with E-state index in [0.717, 1.165) is 45.8 Å². The van der Waals surface area contributed by atoms with Crippen molar-refractivity contribution in [1.29, 1.82) is 0 Å². The molecule has 2 N–H and O–H groups in total. The van der Waals surface area contributed by atoms with Crippen LogP contribution in [0.1, 0.15) is 61.2 Å². The predicted molar refractivity (Wildman–Crippen MR) is 192 cm³/mol. The molecule has 0 saturated heterocycles. The molecule has 6 rings (SSSR count). The molecule has 5 aromatic rings. The fraction of sp³-hybridized carbons (Fsp3) is 0.244. The number of carbonyl (C=O) groups excluding carboxylic acids is 2. The molecule has 7 nitrogen and oxygen atoms in total. The Morgan fingerprint density at radius 2 is 1.58 bits per heavy atom. The summed E-state index contributed by atoms with van der Waals surface area (Å²) in [5.74, 6) is 0.595. The van der Waals surface area contributed by atoms with Gasteiger partial charge in [-0.25, -0.2) is 0 Å². The van der Waals surface area contributed by atoms with Crippen LogP contribution >= 0.6 is 0 Å². The van der Waals surface area contributed by atoms with Gasteiger partial charge < -0.3 is 20.3 Å². The van der Waals surface area contributed by atoms with Crippen LogP contribution in [0.3, 0.4) is 0 Å². The summed E-state index contributed by atoms with van der Waals surface area (Å²) in [6.45, 7) is 10.0. The van der Waals surface area contributed by atoms with Crippen LogP contribution in [-0.4, -0.2) is 35.5 Å². The second-order valence-electron chi connectivity index (χ2n) is 13.2. The first-order valence-electron chi connectivity index (χ1n) is 16.4. The predicted octanol–water partition coefficient (Wildman–Crippen LogP) is 8.01. The zero-order valence-electron chi connectivity index (χ0n) is 28.0. The molecule has 0 radical (unpaired) electrons. The molecule has 48 heavy (non-hydrogen) atoms. The fourth-order valence-corrected chi connectivity index (χ4v) is 7.01. The van der Waals surface area contributed by atoms with Crippen LogP contribution in [0, 0.1) is 0 Å². The van der Waals surface area contributed by atoms with Crippen molar-refractivity contribution in [2.45, 2.75) is 51.6 Å². The number of amides is 2. The molecule has 0 aliphatic carbocycles. The molecule has 7 heteroatoms. The topological polar surface area (TPSA) is 83.6 Å². The zero-order valence-corrected chi connectivity index (χ0v) is 28.0. The first kappa shape index (κ1) is 32.7. The Bertz CT molecular complexity index is 1870. The van der Waals surface area contributed by atoms with Gasteiger partial charge in [-0.3, -0.25) is 14.6 Å². The van der Waals surface area contributed by atoms with Crippen LogP contribution in [0.15, 0.2) is 122 Å². The minimum atomic E-state index is -0.438. The standard InChI is InChI=1S/C41H42N4O3/c1-29(46)45-38-21-18-35(44-39(47)33-14-12-32(13-15-33)31-10-6-5-7-11-31)25-37(38)41(4,28-40(45,2)3)34-16-19-36(20-17-34)48-24-23-43-27-30-9-8-22-42-26-30/h5-22,25-26,43H,23-24,27-28H2,1-4H3,(H,44,47). The average Bonchev–Trinajstić information content (AvgIpc) is 3.09. The first-order chi connectivity index (χ1) is 23.1. The highest BCUT2D eigenvalue weighted by Gasteiger charge is 2.47. The molecule has 2 amide bonds. The summed E-state index contributed by atoms with van der Waals surface area (Å²) in [5, 5.41) is 6.49. The maximum Gasteiger partial charge on any atom is 0.255 e. The van der Waals surface area contributed by atoms with Gasteiger partial charge in [0.05, 0.1) is 0 Å². The highest BCUT2D eigenvalue weighted by molar-refractivity contribution is 6.05. The van der Waals surface area contributed by atoms with Crippen molar-refractivity contribution in [3.05, 3.63) is 144 Å². The molecule has 1 atom stereocenters. The van der Waals surface area contributed by atoms with Gasteiger partial charge in [-0.05, 0) is 96.6 Å². The summed E-state index contributed by atoms with van der Waals surface area (Å²) in [4.78, 5) is 32.4. The molecule has 1 aliphatic heterocycles. The SMILES string of the molecule is CC(=O)N1c2ccc(NC(=O)c3ccc(-c4ccccc4)cc3)cc2C(C)(c2ccc(OCCNCc3cccnc3)cc2)CC1(C)C. The Morgan fingerprint density at radius 1 is 0.854 bits per heavy atom. The van der Waals surface area contributed by atoms with E-state index in [1.54, 1.807) is 13.1 Å². The summed E-state index contributed by atoms with van der Waals surface area (Å²) in [7, 11) is 0. The van der Waals surface area contributed by atoms with Gasteiger partial charge in [0, 0.05) is 60.3 Å². The third-order valence-corrected chi connectivity index (χ3v) is 9.14. The van der Waals surface area contributed by atoms with Crippen LogP contribution < -0.4 is 20.3 Å². The van der Waals surface area contributed by atoms with E-state index in [-0.39, 0.29) is 11.8 Å². The number of carbonyl (C=O) groups is 2. The molecular weight excluding hydrogens is 596 g/mol. The quantitative estimate of drug-likeness (QED) is 0.152. The highest BCUT2D eigenvalue weighted by atomic mass is 16.5.